The molecule has 0 spiro atoms. The Morgan fingerprint density at radius 2 is 2.10 bits per heavy atom. The monoisotopic (exact) mass is 277 g/mol. The summed E-state index contributed by atoms with van der Waals surface area (Å²) in [7, 11) is 0. The lowest BCUT2D eigenvalue weighted by atomic mass is 10.1. The Kier molecular flexibility index (Phi) is 4.20. The van der Waals surface area contributed by atoms with Crippen molar-refractivity contribution in [1.82, 2.24) is 24.7 Å². The molecular weight excluding hydrogens is 254 g/mol. The highest BCUT2D eigenvalue weighted by molar-refractivity contribution is 5.76. The van der Waals surface area contributed by atoms with Gasteiger partial charge in [0.2, 0.25) is 0 Å². The van der Waals surface area contributed by atoms with Crippen molar-refractivity contribution < 1.29 is 4.79 Å². The molecule has 2 fully saturated rings. The number of piperidine rings is 1. The van der Waals surface area contributed by atoms with Crippen molar-refractivity contribution in [3.8, 4) is 0 Å². The van der Waals surface area contributed by atoms with Crippen LogP contribution >= 0.6 is 0 Å². The lowest BCUT2D eigenvalue weighted by Crippen LogP contribution is -2.45. The van der Waals surface area contributed by atoms with Crippen LogP contribution in [0, 0.1) is 0 Å². The predicted molar refractivity (Wildman–Crippen MR) is 76.4 cm³/mol. The molecule has 1 aromatic heterocycles. The zero-order valence-electron chi connectivity index (χ0n) is 11.9. The molecule has 2 aliphatic heterocycles. The zero-order valence-corrected chi connectivity index (χ0v) is 11.9. The van der Waals surface area contributed by atoms with Crippen molar-refractivity contribution in [1.29, 1.82) is 0 Å². The molecule has 1 N–H and O–H groups in total. The van der Waals surface area contributed by atoms with Crippen molar-refractivity contribution in [2.24, 2.45) is 0 Å². The van der Waals surface area contributed by atoms with Gasteiger partial charge in [0.05, 0.1) is 6.33 Å². The molecule has 1 aromatic rings. The van der Waals surface area contributed by atoms with Gasteiger partial charge < -0.3 is 19.7 Å². The standard InChI is InChI=1S/C14H23N5O/c20-14-18(8-1-7-17-9-6-16-12-17)10-11-19(14)13-2-4-15-5-3-13/h6,9,12-13,15H,1-5,7-8,10-11H2. The summed E-state index contributed by atoms with van der Waals surface area (Å²) in [5.74, 6) is 0. The van der Waals surface area contributed by atoms with Gasteiger partial charge in [-0.15, -0.1) is 0 Å². The molecule has 2 saturated heterocycles. The molecule has 0 aromatic carbocycles. The summed E-state index contributed by atoms with van der Waals surface area (Å²) in [4.78, 5) is 20.5. The lowest BCUT2D eigenvalue weighted by Gasteiger charge is -2.31. The molecule has 0 radical (unpaired) electrons. The van der Waals surface area contributed by atoms with Gasteiger partial charge in [0.1, 0.15) is 0 Å². The highest BCUT2D eigenvalue weighted by atomic mass is 16.2. The number of nitrogens with one attached hydrogen (secondary N) is 1. The lowest BCUT2D eigenvalue weighted by molar-refractivity contribution is 0.165. The van der Waals surface area contributed by atoms with Crippen LogP contribution in [0.1, 0.15) is 19.3 Å². The van der Waals surface area contributed by atoms with Crippen molar-refractivity contribution in [3.05, 3.63) is 18.7 Å². The van der Waals surface area contributed by atoms with Crippen LogP contribution in [0.3, 0.4) is 0 Å². The predicted octanol–water partition coefficient (Wildman–Crippen LogP) is 0.763. The molecule has 0 saturated carbocycles. The minimum absolute atomic E-state index is 0.238. The smallest absolute Gasteiger partial charge is 0.320 e. The summed E-state index contributed by atoms with van der Waals surface area (Å²) < 4.78 is 2.06. The van der Waals surface area contributed by atoms with Gasteiger partial charge in [-0.2, -0.15) is 0 Å². The maximum atomic E-state index is 12.4. The quantitative estimate of drug-likeness (QED) is 0.864. The van der Waals surface area contributed by atoms with Crippen molar-refractivity contribution >= 4 is 6.03 Å². The molecule has 20 heavy (non-hydrogen) atoms. The Labute approximate surface area is 119 Å². The first-order valence-electron chi connectivity index (χ1n) is 7.56. The van der Waals surface area contributed by atoms with E-state index in [1.54, 1.807) is 6.20 Å². The van der Waals surface area contributed by atoms with E-state index in [1.165, 1.54) is 0 Å². The molecule has 110 valence electrons. The Balaban J connectivity index is 1.45. The Morgan fingerprint density at radius 1 is 1.25 bits per heavy atom. The highest BCUT2D eigenvalue weighted by Crippen LogP contribution is 2.18. The number of hydrogen-bond acceptors (Lipinski definition) is 3. The van der Waals surface area contributed by atoms with Crippen molar-refractivity contribution in [2.75, 3.05) is 32.7 Å². The van der Waals surface area contributed by atoms with Crippen LogP contribution in [0.5, 0.6) is 0 Å². The number of carbonyl (C=O) groups excluding carboxylic acids is 1. The van der Waals surface area contributed by atoms with Crippen LogP contribution < -0.4 is 5.32 Å². The van der Waals surface area contributed by atoms with Crippen LogP contribution in [0.2, 0.25) is 0 Å². The number of aryl methyl sites for hydroxylation is 1. The first-order valence-corrected chi connectivity index (χ1v) is 7.56. The second-order valence-electron chi connectivity index (χ2n) is 5.60. The summed E-state index contributed by atoms with van der Waals surface area (Å²) in [5.41, 5.74) is 0. The number of aromatic nitrogens is 2. The fourth-order valence-corrected chi connectivity index (χ4v) is 3.13. The molecule has 6 heteroatoms. The average Bonchev–Trinajstić information content (AvgIpc) is 3.11. The highest BCUT2D eigenvalue weighted by Gasteiger charge is 2.33. The first kappa shape index (κ1) is 13.4. The number of imidazole rings is 1. The molecule has 0 aliphatic carbocycles. The van der Waals surface area contributed by atoms with E-state index < -0.39 is 0 Å². The minimum atomic E-state index is 0.238. The van der Waals surface area contributed by atoms with E-state index in [9.17, 15) is 4.79 Å². The largest absolute Gasteiger partial charge is 0.337 e. The third-order valence-corrected chi connectivity index (χ3v) is 4.28. The van der Waals surface area contributed by atoms with Gasteiger partial charge in [-0.3, -0.25) is 0 Å². The van der Waals surface area contributed by atoms with Gasteiger partial charge in [-0.1, -0.05) is 0 Å². The van der Waals surface area contributed by atoms with E-state index in [2.05, 4.69) is 19.8 Å². The molecule has 3 rings (SSSR count). The van der Waals surface area contributed by atoms with E-state index in [4.69, 9.17) is 0 Å². The van der Waals surface area contributed by atoms with Crippen molar-refractivity contribution in [3.63, 3.8) is 0 Å². The van der Waals surface area contributed by atoms with Gasteiger partial charge in [-0.25, -0.2) is 9.78 Å². The fraction of sp³-hybridized carbons (Fsp3) is 0.714. The molecule has 2 aliphatic rings. The third kappa shape index (κ3) is 2.95. The second kappa shape index (κ2) is 6.26. The topological polar surface area (TPSA) is 53.4 Å². The first-order chi connectivity index (χ1) is 9.84. The molecule has 6 nitrogen and oxygen atoms in total. The normalized spacial score (nSPS) is 20.9. The second-order valence-corrected chi connectivity index (χ2v) is 5.60. The molecule has 0 bridgehead atoms. The van der Waals surface area contributed by atoms with Crippen molar-refractivity contribution in [2.45, 2.75) is 31.8 Å². The summed E-state index contributed by atoms with van der Waals surface area (Å²) in [6.07, 6.45) is 8.76. The van der Waals surface area contributed by atoms with E-state index in [0.717, 1.165) is 58.5 Å². The number of carbonyl (C=O) groups is 1. The van der Waals surface area contributed by atoms with Gasteiger partial charge >= 0.3 is 6.03 Å². The Bertz CT molecular complexity index is 427. The number of amides is 2. The van der Waals surface area contributed by atoms with E-state index in [0.29, 0.717) is 6.04 Å². The Morgan fingerprint density at radius 3 is 2.85 bits per heavy atom. The van der Waals surface area contributed by atoms with E-state index in [1.807, 2.05) is 17.4 Å². The van der Waals surface area contributed by atoms with Gasteiger partial charge in [0.15, 0.2) is 0 Å². The molecule has 3 heterocycles. The van der Waals surface area contributed by atoms with E-state index >= 15 is 0 Å². The third-order valence-electron chi connectivity index (χ3n) is 4.28. The average molecular weight is 277 g/mol. The number of rotatable bonds is 5. The van der Waals surface area contributed by atoms with Crippen LogP contribution in [-0.2, 0) is 6.54 Å². The maximum absolute atomic E-state index is 12.4. The van der Waals surface area contributed by atoms with Gasteiger partial charge in [0, 0.05) is 44.6 Å². The zero-order chi connectivity index (χ0) is 13.8. The number of hydrogen-bond donors (Lipinski definition) is 1. The van der Waals surface area contributed by atoms with Gasteiger partial charge in [0.25, 0.3) is 0 Å². The van der Waals surface area contributed by atoms with Gasteiger partial charge in [-0.05, 0) is 32.4 Å². The summed E-state index contributed by atoms with van der Waals surface area (Å²) in [6.45, 7) is 5.63. The molecule has 0 unspecified atom stereocenters. The summed E-state index contributed by atoms with van der Waals surface area (Å²) in [5, 5.41) is 3.35. The number of urea groups is 1. The number of nitrogens with zero attached hydrogens (tertiary/aromatic N) is 4. The molecular formula is C14H23N5O. The van der Waals surface area contributed by atoms with E-state index in [-0.39, 0.29) is 6.03 Å². The SMILES string of the molecule is O=C1N(CCCn2ccnc2)CCN1C1CCNCC1. The Hall–Kier alpha value is -1.56. The summed E-state index contributed by atoms with van der Waals surface area (Å²) in [6, 6.07) is 0.685. The maximum Gasteiger partial charge on any atom is 0.320 e. The fourth-order valence-electron chi connectivity index (χ4n) is 3.13. The van der Waals surface area contributed by atoms with Crippen LogP contribution in [0.4, 0.5) is 4.79 Å². The van der Waals surface area contributed by atoms with Crippen LogP contribution in [0.15, 0.2) is 18.7 Å². The van der Waals surface area contributed by atoms with Crippen LogP contribution in [0.25, 0.3) is 0 Å². The molecule has 2 amide bonds. The summed E-state index contributed by atoms with van der Waals surface area (Å²) >= 11 is 0. The molecule has 0 atom stereocenters. The van der Waals surface area contributed by atoms with Crippen LogP contribution in [-0.4, -0.2) is 64.1 Å². The minimum Gasteiger partial charge on any atom is -0.337 e.